The van der Waals surface area contributed by atoms with Crippen molar-refractivity contribution < 1.29 is 4.74 Å². The van der Waals surface area contributed by atoms with Crippen LogP contribution in [0.4, 0.5) is 0 Å². The summed E-state index contributed by atoms with van der Waals surface area (Å²) in [5.41, 5.74) is 1.22. The average molecular weight is 293 g/mol. The van der Waals surface area contributed by atoms with Gasteiger partial charge in [0.1, 0.15) is 0 Å². The van der Waals surface area contributed by atoms with Crippen LogP contribution in [0.25, 0.3) is 0 Å². The maximum atomic E-state index is 5.50. The quantitative estimate of drug-likeness (QED) is 0.800. The van der Waals surface area contributed by atoms with E-state index in [2.05, 4.69) is 43.0 Å². The molecular weight excluding hydrogens is 262 g/mol. The van der Waals surface area contributed by atoms with Crippen LogP contribution in [-0.4, -0.2) is 35.6 Å². The highest BCUT2D eigenvalue weighted by Crippen LogP contribution is 2.22. The number of ether oxygens (including phenoxy) is 1. The fourth-order valence-corrected chi connectivity index (χ4v) is 3.36. The second-order valence-electron chi connectivity index (χ2n) is 6.08. The number of hydrogen-bond donors (Lipinski definition) is 1. The Hall–Kier alpha value is -0.870. The van der Waals surface area contributed by atoms with Crippen LogP contribution in [-0.2, 0) is 11.2 Å². The molecule has 1 fully saturated rings. The van der Waals surface area contributed by atoms with Crippen molar-refractivity contribution in [3.63, 3.8) is 0 Å². The van der Waals surface area contributed by atoms with Gasteiger partial charge in [0.05, 0.1) is 11.7 Å². The topological polar surface area (TPSA) is 39.1 Å². The third-order valence-corrected chi connectivity index (χ3v) is 4.71. The zero-order valence-corrected chi connectivity index (χ0v) is 13.8. The van der Waals surface area contributed by atoms with Gasteiger partial charge in [0.25, 0.3) is 0 Å². The minimum absolute atomic E-state index is 0.531. The number of rotatable bonds is 8. The molecular formula is C17H31N3O. The Morgan fingerprint density at radius 3 is 2.62 bits per heavy atom. The SMILES string of the molecule is CCNC(Cc1ccn(C(CC)CC)n1)C1CCOCC1. The zero-order valence-electron chi connectivity index (χ0n) is 13.8. The molecule has 0 bridgehead atoms. The normalized spacial score (nSPS) is 18.3. The van der Waals surface area contributed by atoms with E-state index in [1.807, 2.05) is 0 Å². The molecule has 120 valence electrons. The molecule has 1 N–H and O–H groups in total. The monoisotopic (exact) mass is 293 g/mol. The van der Waals surface area contributed by atoms with Gasteiger partial charge in [-0.3, -0.25) is 4.68 Å². The standard InChI is InChI=1S/C17H31N3O/c1-4-16(5-2)20-10-7-15(19-20)13-17(18-6-3)14-8-11-21-12-9-14/h7,10,14,16-18H,4-6,8-9,11-13H2,1-3H3. The van der Waals surface area contributed by atoms with Crippen molar-refractivity contribution in [1.82, 2.24) is 15.1 Å². The van der Waals surface area contributed by atoms with E-state index in [1.165, 1.54) is 18.5 Å². The number of nitrogens with zero attached hydrogens (tertiary/aromatic N) is 2. The highest BCUT2D eigenvalue weighted by Gasteiger charge is 2.24. The summed E-state index contributed by atoms with van der Waals surface area (Å²) >= 11 is 0. The first-order valence-corrected chi connectivity index (χ1v) is 8.63. The smallest absolute Gasteiger partial charge is 0.0640 e. The average Bonchev–Trinajstić information content (AvgIpc) is 2.97. The minimum atomic E-state index is 0.531. The van der Waals surface area contributed by atoms with Gasteiger partial charge in [0, 0.05) is 31.9 Å². The van der Waals surface area contributed by atoms with Gasteiger partial charge < -0.3 is 10.1 Å². The largest absolute Gasteiger partial charge is 0.381 e. The molecule has 1 aliphatic heterocycles. The molecule has 2 rings (SSSR count). The van der Waals surface area contributed by atoms with Gasteiger partial charge in [-0.2, -0.15) is 5.10 Å². The van der Waals surface area contributed by atoms with Crippen molar-refractivity contribution in [3.05, 3.63) is 18.0 Å². The molecule has 0 amide bonds. The van der Waals surface area contributed by atoms with Gasteiger partial charge in [-0.25, -0.2) is 0 Å². The van der Waals surface area contributed by atoms with Crippen LogP contribution in [0.2, 0.25) is 0 Å². The third-order valence-electron chi connectivity index (χ3n) is 4.71. The van der Waals surface area contributed by atoms with Crippen LogP contribution >= 0.6 is 0 Å². The predicted molar refractivity (Wildman–Crippen MR) is 86.6 cm³/mol. The Kier molecular flexibility index (Phi) is 6.71. The molecule has 21 heavy (non-hydrogen) atoms. The molecule has 1 saturated heterocycles. The molecule has 1 atom stereocenters. The zero-order chi connectivity index (χ0) is 15.1. The van der Waals surface area contributed by atoms with Crippen molar-refractivity contribution in [2.45, 2.75) is 65.0 Å². The molecule has 0 radical (unpaired) electrons. The second kappa shape index (κ2) is 8.54. The van der Waals surface area contributed by atoms with Crippen molar-refractivity contribution in [2.24, 2.45) is 5.92 Å². The summed E-state index contributed by atoms with van der Waals surface area (Å²) in [7, 11) is 0. The van der Waals surface area contributed by atoms with E-state index in [1.54, 1.807) is 0 Å². The van der Waals surface area contributed by atoms with Gasteiger partial charge in [-0.15, -0.1) is 0 Å². The molecule has 0 aromatic carbocycles. The van der Waals surface area contributed by atoms with Gasteiger partial charge in [0.2, 0.25) is 0 Å². The lowest BCUT2D eigenvalue weighted by Gasteiger charge is -2.30. The summed E-state index contributed by atoms with van der Waals surface area (Å²) in [6.45, 7) is 9.51. The van der Waals surface area contributed by atoms with Crippen molar-refractivity contribution >= 4 is 0 Å². The first-order chi connectivity index (χ1) is 10.3. The molecule has 1 unspecified atom stereocenters. The van der Waals surface area contributed by atoms with Gasteiger partial charge in [0.15, 0.2) is 0 Å². The lowest BCUT2D eigenvalue weighted by Crippen LogP contribution is -2.40. The summed E-state index contributed by atoms with van der Waals surface area (Å²) < 4.78 is 7.65. The van der Waals surface area contributed by atoms with Gasteiger partial charge in [-0.05, 0) is 44.2 Å². The maximum Gasteiger partial charge on any atom is 0.0640 e. The lowest BCUT2D eigenvalue weighted by molar-refractivity contribution is 0.0538. The third kappa shape index (κ3) is 4.55. The summed E-state index contributed by atoms with van der Waals surface area (Å²) in [6.07, 6.45) is 7.82. The molecule has 1 aromatic heterocycles. The maximum absolute atomic E-state index is 5.50. The van der Waals surface area contributed by atoms with E-state index in [9.17, 15) is 0 Å². The summed E-state index contributed by atoms with van der Waals surface area (Å²) in [4.78, 5) is 0. The van der Waals surface area contributed by atoms with E-state index in [0.29, 0.717) is 12.1 Å². The Morgan fingerprint density at radius 1 is 1.29 bits per heavy atom. The van der Waals surface area contributed by atoms with Crippen molar-refractivity contribution in [2.75, 3.05) is 19.8 Å². The summed E-state index contributed by atoms with van der Waals surface area (Å²) in [6, 6.07) is 3.27. The summed E-state index contributed by atoms with van der Waals surface area (Å²) in [5, 5.41) is 8.48. The molecule has 1 aliphatic rings. The van der Waals surface area contributed by atoms with Crippen LogP contribution in [0.5, 0.6) is 0 Å². The fourth-order valence-electron chi connectivity index (χ4n) is 3.36. The molecule has 0 aliphatic carbocycles. The van der Waals surface area contributed by atoms with E-state index < -0.39 is 0 Å². The Bertz CT molecular complexity index is 394. The minimum Gasteiger partial charge on any atom is -0.381 e. The van der Waals surface area contributed by atoms with E-state index in [4.69, 9.17) is 9.84 Å². The number of aromatic nitrogens is 2. The molecule has 1 aromatic rings. The van der Waals surface area contributed by atoms with Crippen LogP contribution in [0.15, 0.2) is 12.3 Å². The first kappa shape index (κ1) is 16.5. The summed E-state index contributed by atoms with van der Waals surface area (Å²) in [5.74, 6) is 0.719. The van der Waals surface area contributed by atoms with E-state index in [-0.39, 0.29) is 0 Å². The molecule has 4 nitrogen and oxygen atoms in total. The second-order valence-corrected chi connectivity index (χ2v) is 6.08. The molecule has 0 spiro atoms. The Balaban J connectivity index is 1.99. The van der Waals surface area contributed by atoms with E-state index in [0.717, 1.165) is 44.9 Å². The molecule has 2 heterocycles. The predicted octanol–water partition coefficient (Wildman–Crippen LogP) is 3.19. The van der Waals surface area contributed by atoms with Gasteiger partial charge in [-0.1, -0.05) is 20.8 Å². The highest BCUT2D eigenvalue weighted by molar-refractivity contribution is 5.03. The number of nitrogens with one attached hydrogen (secondary N) is 1. The molecule has 4 heteroatoms. The first-order valence-electron chi connectivity index (χ1n) is 8.63. The van der Waals surface area contributed by atoms with Crippen LogP contribution in [0, 0.1) is 5.92 Å². The number of likely N-dealkylation sites (N-methyl/N-ethyl adjacent to an activating group) is 1. The van der Waals surface area contributed by atoms with Crippen LogP contribution < -0.4 is 5.32 Å². The fraction of sp³-hybridized carbons (Fsp3) is 0.824. The van der Waals surface area contributed by atoms with Crippen LogP contribution in [0.1, 0.15) is 58.2 Å². The number of hydrogen-bond acceptors (Lipinski definition) is 3. The van der Waals surface area contributed by atoms with Crippen molar-refractivity contribution in [1.29, 1.82) is 0 Å². The Labute approximate surface area is 129 Å². The molecule has 0 saturated carbocycles. The Morgan fingerprint density at radius 2 is 2.00 bits per heavy atom. The highest BCUT2D eigenvalue weighted by atomic mass is 16.5. The lowest BCUT2D eigenvalue weighted by atomic mass is 9.89. The van der Waals surface area contributed by atoms with E-state index >= 15 is 0 Å². The van der Waals surface area contributed by atoms with Gasteiger partial charge >= 0.3 is 0 Å². The van der Waals surface area contributed by atoms with Crippen LogP contribution in [0.3, 0.4) is 0 Å². The van der Waals surface area contributed by atoms with Crippen molar-refractivity contribution in [3.8, 4) is 0 Å².